The molecule has 0 spiro atoms. The second kappa shape index (κ2) is 7.92. The molecule has 2 atom stereocenters. The highest BCUT2D eigenvalue weighted by atomic mass is 33.1. The van der Waals surface area contributed by atoms with Gasteiger partial charge in [-0.3, -0.25) is 4.18 Å². The molecular weight excluding hydrogens is 312 g/mol. The Morgan fingerprint density at radius 3 is 2.70 bits per heavy atom. The van der Waals surface area contributed by atoms with Crippen molar-refractivity contribution in [3.63, 3.8) is 0 Å². The van der Waals surface area contributed by atoms with Crippen LogP contribution < -0.4 is 0 Å². The molecule has 2 unspecified atom stereocenters. The summed E-state index contributed by atoms with van der Waals surface area (Å²) < 4.78 is 27.4. The molecule has 1 aliphatic rings. The zero-order valence-corrected chi connectivity index (χ0v) is 15.0. The molecule has 1 rings (SSSR count). The molecule has 0 amide bonds. The highest BCUT2D eigenvalue weighted by molar-refractivity contribution is 8.76. The van der Waals surface area contributed by atoms with Gasteiger partial charge in [0.15, 0.2) is 0 Å². The summed E-state index contributed by atoms with van der Waals surface area (Å²) in [6, 6.07) is 0. The number of hydrogen-bond donors (Lipinski definition) is 0. The number of rotatable bonds is 8. The Morgan fingerprint density at radius 1 is 1.50 bits per heavy atom. The zero-order valence-electron chi connectivity index (χ0n) is 12.6. The van der Waals surface area contributed by atoms with Gasteiger partial charge in [0.05, 0.1) is 7.11 Å². The van der Waals surface area contributed by atoms with E-state index in [1.165, 1.54) is 19.1 Å². The van der Waals surface area contributed by atoms with Crippen molar-refractivity contribution < 1.29 is 12.6 Å². The van der Waals surface area contributed by atoms with Gasteiger partial charge in [0, 0.05) is 5.25 Å². The van der Waals surface area contributed by atoms with Crippen LogP contribution in [0.5, 0.6) is 0 Å². The molecule has 1 aliphatic carbocycles. The average molecular weight is 337 g/mol. The van der Waals surface area contributed by atoms with Crippen LogP contribution in [0.4, 0.5) is 0 Å². The Hall–Kier alpha value is 0.0900. The zero-order chi connectivity index (χ0) is 15.2. The monoisotopic (exact) mass is 336 g/mol. The third-order valence-electron chi connectivity index (χ3n) is 3.55. The van der Waals surface area contributed by atoms with E-state index in [1.807, 2.05) is 33.7 Å². The highest BCUT2D eigenvalue weighted by Crippen LogP contribution is 2.32. The van der Waals surface area contributed by atoms with Crippen molar-refractivity contribution in [1.82, 2.24) is 0 Å². The molecule has 0 bridgehead atoms. The summed E-state index contributed by atoms with van der Waals surface area (Å²) in [6.07, 6.45) is 11.7. The van der Waals surface area contributed by atoms with Gasteiger partial charge in [-0.25, -0.2) is 0 Å². The summed E-state index contributed by atoms with van der Waals surface area (Å²) in [4.78, 5) is 0. The summed E-state index contributed by atoms with van der Waals surface area (Å²) in [5, 5.41) is 0.664. The van der Waals surface area contributed by atoms with Crippen LogP contribution >= 0.6 is 21.6 Å². The fraction of sp³-hybridized carbons (Fsp3) is 0.714. The summed E-state index contributed by atoms with van der Waals surface area (Å²) in [7, 11) is 1.41. The van der Waals surface area contributed by atoms with Gasteiger partial charge < -0.3 is 0 Å². The Kier molecular flexibility index (Phi) is 7.18. The van der Waals surface area contributed by atoms with Crippen molar-refractivity contribution in [2.75, 3.05) is 13.4 Å². The summed E-state index contributed by atoms with van der Waals surface area (Å²) in [5.74, 6) is 0. The van der Waals surface area contributed by atoms with Gasteiger partial charge in [-0.05, 0) is 38.9 Å². The van der Waals surface area contributed by atoms with Crippen LogP contribution in [-0.2, 0) is 14.3 Å². The fourth-order valence-corrected chi connectivity index (χ4v) is 4.89. The van der Waals surface area contributed by atoms with E-state index in [4.69, 9.17) is 0 Å². The lowest BCUT2D eigenvalue weighted by Crippen LogP contribution is -2.34. The van der Waals surface area contributed by atoms with Crippen LogP contribution in [0.25, 0.3) is 0 Å². The molecule has 0 N–H and O–H groups in total. The molecule has 3 nitrogen and oxygen atoms in total. The molecule has 0 saturated carbocycles. The van der Waals surface area contributed by atoms with E-state index >= 15 is 0 Å². The lowest BCUT2D eigenvalue weighted by atomic mass is 9.94. The lowest BCUT2D eigenvalue weighted by Gasteiger charge is -2.26. The first kappa shape index (κ1) is 18.1. The molecule has 6 heteroatoms. The molecule has 0 fully saturated rings. The first-order valence-electron chi connectivity index (χ1n) is 6.72. The molecule has 0 aromatic carbocycles. The van der Waals surface area contributed by atoms with Crippen LogP contribution in [0.3, 0.4) is 0 Å². The van der Waals surface area contributed by atoms with E-state index in [2.05, 4.69) is 17.4 Å². The molecule has 20 heavy (non-hydrogen) atoms. The van der Waals surface area contributed by atoms with E-state index in [-0.39, 0.29) is 0 Å². The molecule has 0 radical (unpaired) electrons. The molecule has 0 saturated heterocycles. The second-order valence-electron chi connectivity index (χ2n) is 5.22. The molecule has 0 heterocycles. The van der Waals surface area contributed by atoms with Gasteiger partial charge in [-0.1, -0.05) is 52.3 Å². The van der Waals surface area contributed by atoms with E-state index in [1.54, 1.807) is 13.0 Å². The van der Waals surface area contributed by atoms with E-state index in [0.29, 0.717) is 11.7 Å². The van der Waals surface area contributed by atoms with Crippen LogP contribution in [0.2, 0.25) is 0 Å². The highest BCUT2D eigenvalue weighted by Gasteiger charge is 2.37. The fourth-order valence-electron chi connectivity index (χ4n) is 2.12. The van der Waals surface area contributed by atoms with Crippen LogP contribution in [0.15, 0.2) is 23.8 Å². The Bertz CT molecular complexity index is 468. The topological polar surface area (TPSA) is 43.4 Å². The largest absolute Gasteiger partial charge is 0.276 e. The number of allylic oxidation sites excluding steroid dienone is 3. The molecular formula is C14H24O3S3. The van der Waals surface area contributed by atoms with E-state index in [0.717, 1.165) is 12.8 Å². The summed E-state index contributed by atoms with van der Waals surface area (Å²) in [6.45, 7) is 3.95. The van der Waals surface area contributed by atoms with Gasteiger partial charge in [-0.15, -0.1) is 0 Å². The van der Waals surface area contributed by atoms with Gasteiger partial charge >= 0.3 is 0 Å². The van der Waals surface area contributed by atoms with E-state index in [9.17, 15) is 8.42 Å². The van der Waals surface area contributed by atoms with Crippen LogP contribution in [0, 0.1) is 0 Å². The standard InChI is InChI=1S/C14H24O3S3/c1-12(19-18-4)6-5-7-13-8-10-14(2,11-9-13)20(15,16)17-3/h8-10,12H,5-7,11H2,1-4H3. The van der Waals surface area contributed by atoms with Gasteiger partial charge in [0.2, 0.25) is 0 Å². The second-order valence-corrected chi connectivity index (χ2v) is 10.3. The Balaban J connectivity index is 2.48. The van der Waals surface area contributed by atoms with E-state index < -0.39 is 14.9 Å². The maximum atomic E-state index is 11.9. The van der Waals surface area contributed by atoms with Crippen molar-refractivity contribution in [1.29, 1.82) is 0 Å². The van der Waals surface area contributed by atoms with Crippen molar-refractivity contribution >= 4 is 31.7 Å². The third-order valence-corrected chi connectivity index (χ3v) is 7.75. The minimum atomic E-state index is -3.52. The van der Waals surface area contributed by atoms with Crippen LogP contribution in [0.1, 0.15) is 39.5 Å². The van der Waals surface area contributed by atoms with Gasteiger partial charge in [0.25, 0.3) is 10.1 Å². The van der Waals surface area contributed by atoms with Crippen molar-refractivity contribution in [2.24, 2.45) is 0 Å². The van der Waals surface area contributed by atoms with Crippen LogP contribution in [-0.4, -0.2) is 31.8 Å². The molecule has 0 aliphatic heterocycles. The van der Waals surface area contributed by atoms with Gasteiger partial charge in [0.1, 0.15) is 4.75 Å². The number of hydrogen-bond acceptors (Lipinski definition) is 5. The predicted octanol–water partition coefficient (Wildman–Crippen LogP) is 4.18. The normalized spacial score (nSPS) is 24.5. The summed E-state index contributed by atoms with van der Waals surface area (Å²) >= 11 is 0. The lowest BCUT2D eigenvalue weighted by molar-refractivity contribution is 0.377. The van der Waals surface area contributed by atoms with Crippen molar-refractivity contribution in [2.45, 2.75) is 49.5 Å². The van der Waals surface area contributed by atoms with Crippen molar-refractivity contribution in [3.05, 3.63) is 23.8 Å². The first-order valence-corrected chi connectivity index (χ1v) is 10.8. The van der Waals surface area contributed by atoms with Gasteiger partial charge in [-0.2, -0.15) is 8.42 Å². The quantitative estimate of drug-likeness (QED) is 0.491. The third kappa shape index (κ3) is 4.83. The predicted molar refractivity (Wildman–Crippen MR) is 90.6 cm³/mol. The maximum Gasteiger partial charge on any atom is 0.276 e. The minimum Gasteiger partial charge on any atom is -0.273 e. The Labute approximate surface area is 131 Å². The smallest absolute Gasteiger partial charge is 0.273 e. The van der Waals surface area contributed by atoms with Crippen molar-refractivity contribution in [3.8, 4) is 0 Å². The SMILES string of the molecule is COS(=O)(=O)C1(C)C=CC(CCCC(C)SSC)=CC1. The maximum absolute atomic E-state index is 11.9. The molecule has 0 aromatic heterocycles. The Morgan fingerprint density at radius 2 is 2.20 bits per heavy atom. The molecule has 0 aromatic rings. The molecule has 116 valence electrons. The summed E-state index contributed by atoms with van der Waals surface area (Å²) in [5.41, 5.74) is 1.23. The average Bonchev–Trinajstić information content (AvgIpc) is 2.41. The minimum absolute atomic E-state index is 0.490. The first-order chi connectivity index (χ1) is 9.34.